The number of carbonyl (C=O) groups excluding carboxylic acids is 2. The second-order valence-corrected chi connectivity index (χ2v) is 3.15. The van der Waals surface area contributed by atoms with Gasteiger partial charge in [-0.3, -0.25) is 4.79 Å². The minimum atomic E-state index is -0.312. The Morgan fingerprint density at radius 3 is 3.00 bits per heavy atom. The number of rotatable bonds is 2. The van der Waals surface area contributed by atoms with Crippen molar-refractivity contribution in [3.63, 3.8) is 0 Å². The Balaban J connectivity index is 2.66. The third-order valence-corrected chi connectivity index (χ3v) is 2.33. The molecule has 14 heavy (non-hydrogen) atoms. The fourth-order valence-corrected chi connectivity index (χ4v) is 1.55. The molecule has 0 aromatic rings. The maximum absolute atomic E-state index is 11.3. The lowest BCUT2D eigenvalue weighted by Gasteiger charge is -2.23. The van der Waals surface area contributed by atoms with Gasteiger partial charge in [-0.25, -0.2) is 4.79 Å². The molecule has 0 aliphatic carbocycles. The Labute approximate surface area is 82.9 Å². The normalized spacial score (nSPS) is 24.6. The van der Waals surface area contributed by atoms with E-state index >= 15 is 0 Å². The summed E-state index contributed by atoms with van der Waals surface area (Å²) in [6.07, 6.45) is 2.65. The maximum Gasteiger partial charge on any atom is 0.333 e. The molecule has 1 atom stereocenters. The second-order valence-electron chi connectivity index (χ2n) is 3.15. The molecule has 4 nitrogen and oxygen atoms in total. The molecule has 1 saturated heterocycles. The van der Waals surface area contributed by atoms with Crippen molar-refractivity contribution in [2.24, 2.45) is 5.92 Å². The van der Waals surface area contributed by atoms with Crippen LogP contribution in [0, 0.1) is 5.92 Å². The number of methoxy groups -OCH3 is 1. The molecule has 0 spiro atoms. The average Bonchev–Trinajstić information content (AvgIpc) is 2.18. The van der Waals surface area contributed by atoms with Crippen LogP contribution >= 0.6 is 0 Å². The molecule has 0 amide bonds. The molecular weight excluding hydrogens is 184 g/mol. The molecule has 0 radical (unpaired) electrons. The average molecular weight is 198 g/mol. The topological polar surface area (TPSA) is 52.6 Å². The van der Waals surface area contributed by atoms with E-state index in [4.69, 9.17) is 4.74 Å². The van der Waals surface area contributed by atoms with Crippen LogP contribution in [0.15, 0.2) is 11.6 Å². The summed E-state index contributed by atoms with van der Waals surface area (Å²) in [5, 5.41) is 0. The van der Waals surface area contributed by atoms with Gasteiger partial charge in [-0.05, 0) is 13.3 Å². The largest absolute Gasteiger partial charge is 0.469 e. The van der Waals surface area contributed by atoms with E-state index in [9.17, 15) is 9.59 Å². The Kier molecular flexibility index (Phi) is 3.68. The van der Waals surface area contributed by atoms with E-state index in [2.05, 4.69) is 4.74 Å². The van der Waals surface area contributed by atoms with E-state index in [1.165, 1.54) is 7.11 Å². The summed E-state index contributed by atoms with van der Waals surface area (Å²) in [6, 6.07) is 0. The highest BCUT2D eigenvalue weighted by Crippen LogP contribution is 2.25. The van der Waals surface area contributed by atoms with Gasteiger partial charge in [-0.1, -0.05) is 6.08 Å². The van der Waals surface area contributed by atoms with Gasteiger partial charge in [0, 0.05) is 11.5 Å². The van der Waals surface area contributed by atoms with Crippen LogP contribution in [0.4, 0.5) is 0 Å². The van der Waals surface area contributed by atoms with Crippen molar-refractivity contribution in [2.75, 3.05) is 13.7 Å². The van der Waals surface area contributed by atoms with Crippen molar-refractivity contribution >= 4 is 11.9 Å². The minimum Gasteiger partial charge on any atom is -0.469 e. The monoisotopic (exact) mass is 198 g/mol. The van der Waals surface area contributed by atoms with Gasteiger partial charge < -0.3 is 9.47 Å². The van der Waals surface area contributed by atoms with Gasteiger partial charge in [-0.2, -0.15) is 0 Å². The summed E-state index contributed by atoms with van der Waals surface area (Å²) in [7, 11) is 1.35. The summed E-state index contributed by atoms with van der Waals surface area (Å²) < 4.78 is 9.43. The van der Waals surface area contributed by atoms with Gasteiger partial charge in [0.2, 0.25) is 0 Å². The van der Waals surface area contributed by atoms with Gasteiger partial charge in [0.25, 0.3) is 0 Å². The van der Waals surface area contributed by atoms with E-state index < -0.39 is 0 Å². The van der Waals surface area contributed by atoms with Crippen molar-refractivity contribution in [2.45, 2.75) is 19.8 Å². The van der Waals surface area contributed by atoms with Crippen LogP contribution in [0.25, 0.3) is 0 Å². The van der Waals surface area contributed by atoms with Gasteiger partial charge >= 0.3 is 11.9 Å². The number of carbonyl (C=O) groups is 2. The molecule has 4 heteroatoms. The van der Waals surface area contributed by atoms with E-state index in [1.807, 2.05) is 0 Å². The van der Waals surface area contributed by atoms with Gasteiger partial charge in [-0.15, -0.1) is 0 Å². The highest BCUT2D eigenvalue weighted by atomic mass is 16.5. The first-order valence-electron chi connectivity index (χ1n) is 4.59. The zero-order valence-electron chi connectivity index (χ0n) is 8.41. The molecule has 0 bridgehead atoms. The number of cyclic esters (lactones) is 1. The molecule has 1 rings (SSSR count). The first-order valence-corrected chi connectivity index (χ1v) is 4.59. The quantitative estimate of drug-likeness (QED) is 0.491. The van der Waals surface area contributed by atoms with Crippen LogP contribution in [-0.2, 0) is 19.1 Å². The molecule has 0 N–H and O–H groups in total. The van der Waals surface area contributed by atoms with Crippen molar-refractivity contribution in [1.82, 2.24) is 0 Å². The molecule has 1 aliphatic heterocycles. The van der Waals surface area contributed by atoms with Gasteiger partial charge in [0.1, 0.15) is 0 Å². The minimum absolute atomic E-state index is 0.0475. The highest BCUT2D eigenvalue weighted by Gasteiger charge is 2.28. The first kappa shape index (κ1) is 10.8. The van der Waals surface area contributed by atoms with Crippen LogP contribution < -0.4 is 0 Å². The van der Waals surface area contributed by atoms with Gasteiger partial charge in [0.05, 0.1) is 20.1 Å². The van der Waals surface area contributed by atoms with E-state index in [0.717, 1.165) is 0 Å². The van der Waals surface area contributed by atoms with Crippen molar-refractivity contribution in [3.05, 3.63) is 11.6 Å². The second kappa shape index (κ2) is 4.79. The van der Waals surface area contributed by atoms with Gasteiger partial charge in [0.15, 0.2) is 0 Å². The predicted octanol–water partition coefficient (Wildman–Crippen LogP) is 1.06. The number of esters is 2. The summed E-state index contributed by atoms with van der Waals surface area (Å²) in [6.45, 7) is 2.16. The molecule has 1 heterocycles. The lowest BCUT2D eigenvalue weighted by atomic mass is 9.90. The smallest absolute Gasteiger partial charge is 0.333 e. The molecule has 0 aromatic carbocycles. The Morgan fingerprint density at radius 2 is 2.43 bits per heavy atom. The number of hydrogen-bond donors (Lipinski definition) is 0. The zero-order chi connectivity index (χ0) is 10.6. The van der Waals surface area contributed by atoms with E-state index in [0.29, 0.717) is 18.6 Å². The van der Waals surface area contributed by atoms with E-state index in [1.54, 1.807) is 13.0 Å². The van der Waals surface area contributed by atoms with Crippen LogP contribution in [0.1, 0.15) is 19.8 Å². The molecule has 1 fully saturated rings. The Bertz CT molecular complexity index is 267. The van der Waals surface area contributed by atoms with Crippen LogP contribution in [-0.4, -0.2) is 25.7 Å². The molecule has 0 aromatic heterocycles. The fourth-order valence-electron chi connectivity index (χ4n) is 1.55. The Hall–Kier alpha value is -1.32. The highest BCUT2D eigenvalue weighted by molar-refractivity contribution is 5.90. The first-order chi connectivity index (χ1) is 6.69. The molecule has 1 unspecified atom stereocenters. The lowest BCUT2D eigenvalue weighted by Crippen LogP contribution is -2.26. The summed E-state index contributed by atoms with van der Waals surface area (Å²) in [5.41, 5.74) is 0.585. The molecule has 78 valence electrons. The van der Waals surface area contributed by atoms with Crippen molar-refractivity contribution < 1.29 is 19.1 Å². The van der Waals surface area contributed by atoms with Crippen molar-refractivity contribution in [3.8, 4) is 0 Å². The third kappa shape index (κ3) is 2.34. The van der Waals surface area contributed by atoms with Crippen molar-refractivity contribution in [1.29, 1.82) is 0 Å². The summed E-state index contributed by atoms with van der Waals surface area (Å²) in [4.78, 5) is 22.3. The number of allylic oxidation sites excluding steroid dienone is 1. The van der Waals surface area contributed by atoms with Crippen LogP contribution in [0.5, 0.6) is 0 Å². The number of hydrogen-bond acceptors (Lipinski definition) is 4. The SMILES string of the molecule is C/C=C1/C(=O)OCCC1CC(=O)OC. The predicted molar refractivity (Wildman–Crippen MR) is 49.5 cm³/mol. The Morgan fingerprint density at radius 1 is 1.71 bits per heavy atom. The molecule has 1 aliphatic rings. The maximum atomic E-state index is 11.3. The molecular formula is C10H14O4. The van der Waals surface area contributed by atoms with E-state index in [-0.39, 0.29) is 24.3 Å². The standard InChI is InChI=1S/C10H14O4/c1-3-8-7(6-9(11)13-2)4-5-14-10(8)12/h3,7H,4-6H2,1-2H3/b8-3+. The van der Waals surface area contributed by atoms with Crippen LogP contribution in [0.2, 0.25) is 0 Å². The molecule has 0 saturated carbocycles. The lowest BCUT2D eigenvalue weighted by molar-refractivity contribution is -0.145. The zero-order valence-corrected chi connectivity index (χ0v) is 8.41. The summed E-state index contributed by atoms with van der Waals surface area (Å²) >= 11 is 0. The fraction of sp³-hybridized carbons (Fsp3) is 0.600. The third-order valence-electron chi connectivity index (χ3n) is 2.33. The van der Waals surface area contributed by atoms with Crippen LogP contribution in [0.3, 0.4) is 0 Å². The number of ether oxygens (including phenoxy) is 2. The summed E-state index contributed by atoms with van der Waals surface area (Å²) in [5.74, 6) is -0.648.